The normalized spacial score (nSPS) is 10.1. The summed E-state index contributed by atoms with van der Waals surface area (Å²) < 4.78 is 11.1. The Bertz CT molecular complexity index is 538. The van der Waals surface area contributed by atoms with Gasteiger partial charge in [-0.05, 0) is 24.6 Å². The maximum Gasteiger partial charge on any atom is 0.125 e. The first-order chi connectivity index (χ1) is 8.70. The number of aryl methyl sites for hydroxylation is 1. The van der Waals surface area contributed by atoms with Crippen molar-refractivity contribution in [1.29, 1.82) is 0 Å². The van der Waals surface area contributed by atoms with Crippen LogP contribution in [-0.2, 0) is 6.61 Å². The van der Waals surface area contributed by atoms with Crippen molar-refractivity contribution < 1.29 is 9.47 Å². The maximum atomic E-state index is 5.79. The van der Waals surface area contributed by atoms with Gasteiger partial charge in [-0.15, -0.1) is 0 Å². The molecule has 0 bridgehead atoms. The third-order valence-corrected chi connectivity index (χ3v) is 2.79. The number of benzene rings is 2. The Balaban J connectivity index is 2.14. The molecule has 0 aliphatic carbocycles. The zero-order chi connectivity index (χ0) is 13.0. The quantitative estimate of drug-likeness (QED) is 0.839. The summed E-state index contributed by atoms with van der Waals surface area (Å²) in [5.74, 6) is 1.64. The smallest absolute Gasteiger partial charge is 0.125 e. The van der Waals surface area contributed by atoms with Crippen LogP contribution in [0.25, 0.3) is 0 Å². The van der Waals surface area contributed by atoms with Crippen LogP contribution in [-0.4, -0.2) is 7.11 Å². The summed E-state index contributed by atoms with van der Waals surface area (Å²) in [5.41, 5.74) is 8.54. The first-order valence-electron chi connectivity index (χ1n) is 5.81. The predicted molar refractivity (Wildman–Crippen MR) is 72.9 cm³/mol. The molecule has 0 amide bonds. The molecule has 0 aromatic heterocycles. The van der Waals surface area contributed by atoms with Gasteiger partial charge in [-0.1, -0.05) is 24.3 Å². The van der Waals surface area contributed by atoms with E-state index in [1.807, 2.05) is 49.4 Å². The molecule has 0 saturated carbocycles. The molecule has 3 nitrogen and oxygen atoms in total. The van der Waals surface area contributed by atoms with Crippen LogP contribution in [0, 0.1) is 6.92 Å². The third kappa shape index (κ3) is 2.74. The Morgan fingerprint density at radius 1 is 1.06 bits per heavy atom. The minimum Gasteiger partial charge on any atom is -0.496 e. The largest absolute Gasteiger partial charge is 0.496 e. The average molecular weight is 243 g/mol. The highest BCUT2D eigenvalue weighted by molar-refractivity contribution is 5.48. The van der Waals surface area contributed by atoms with Gasteiger partial charge in [0.05, 0.1) is 7.11 Å². The lowest BCUT2D eigenvalue weighted by Gasteiger charge is -2.12. The first-order valence-corrected chi connectivity index (χ1v) is 5.81. The SMILES string of the molecule is COc1ccccc1COc1cc(N)ccc1C. The molecule has 0 fully saturated rings. The predicted octanol–water partition coefficient (Wildman–Crippen LogP) is 3.16. The van der Waals surface area contributed by atoms with E-state index in [9.17, 15) is 0 Å². The fourth-order valence-corrected chi connectivity index (χ4v) is 1.75. The highest BCUT2D eigenvalue weighted by Gasteiger charge is 2.04. The lowest BCUT2D eigenvalue weighted by atomic mass is 10.2. The number of nitrogens with two attached hydrogens (primary N) is 1. The Morgan fingerprint density at radius 3 is 2.61 bits per heavy atom. The Hall–Kier alpha value is -2.16. The minimum atomic E-state index is 0.467. The van der Waals surface area contributed by atoms with Crippen LogP contribution in [0.1, 0.15) is 11.1 Å². The number of nitrogen functional groups attached to an aromatic ring is 1. The van der Waals surface area contributed by atoms with Gasteiger partial charge in [0, 0.05) is 17.3 Å². The van der Waals surface area contributed by atoms with Gasteiger partial charge in [-0.25, -0.2) is 0 Å². The number of hydrogen-bond acceptors (Lipinski definition) is 3. The lowest BCUT2D eigenvalue weighted by molar-refractivity contribution is 0.295. The van der Waals surface area contributed by atoms with Crippen molar-refractivity contribution in [2.75, 3.05) is 12.8 Å². The summed E-state index contributed by atoms with van der Waals surface area (Å²) in [6, 6.07) is 13.5. The molecule has 3 heteroatoms. The van der Waals surface area contributed by atoms with Gasteiger partial charge in [-0.2, -0.15) is 0 Å². The number of rotatable bonds is 4. The number of para-hydroxylation sites is 1. The standard InChI is InChI=1S/C15H17NO2/c1-11-7-8-13(16)9-15(11)18-10-12-5-3-4-6-14(12)17-2/h3-9H,10,16H2,1-2H3. The molecule has 0 aliphatic heterocycles. The molecule has 0 unspecified atom stereocenters. The van der Waals surface area contributed by atoms with E-state index in [0.717, 1.165) is 22.6 Å². The molecular formula is C15H17NO2. The van der Waals surface area contributed by atoms with E-state index in [-0.39, 0.29) is 0 Å². The molecule has 0 heterocycles. The van der Waals surface area contributed by atoms with Gasteiger partial charge < -0.3 is 15.2 Å². The van der Waals surface area contributed by atoms with Crippen molar-refractivity contribution in [3.05, 3.63) is 53.6 Å². The lowest BCUT2D eigenvalue weighted by Crippen LogP contribution is -2.00. The Morgan fingerprint density at radius 2 is 1.83 bits per heavy atom. The van der Waals surface area contributed by atoms with Gasteiger partial charge in [-0.3, -0.25) is 0 Å². The average Bonchev–Trinajstić information content (AvgIpc) is 2.40. The van der Waals surface area contributed by atoms with Crippen LogP contribution in [0.15, 0.2) is 42.5 Å². The molecule has 0 radical (unpaired) electrons. The van der Waals surface area contributed by atoms with E-state index >= 15 is 0 Å². The highest BCUT2D eigenvalue weighted by Crippen LogP contribution is 2.24. The van der Waals surface area contributed by atoms with E-state index in [0.29, 0.717) is 12.3 Å². The summed E-state index contributed by atoms with van der Waals surface area (Å²) in [6.07, 6.45) is 0. The fraction of sp³-hybridized carbons (Fsp3) is 0.200. The van der Waals surface area contributed by atoms with Crippen molar-refractivity contribution in [1.82, 2.24) is 0 Å². The topological polar surface area (TPSA) is 44.5 Å². The van der Waals surface area contributed by atoms with Crippen molar-refractivity contribution in [2.45, 2.75) is 13.5 Å². The first kappa shape index (κ1) is 12.3. The number of ether oxygens (including phenoxy) is 2. The zero-order valence-corrected chi connectivity index (χ0v) is 10.6. The monoisotopic (exact) mass is 243 g/mol. The van der Waals surface area contributed by atoms with Crippen molar-refractivity contribution in [3.63, 3.8) is 0 Å². The van der Waals surface area contributed by atoms with E-state index in [1.54, 1.807) is 7.11 Å². The molecular weight excluding hydrogens is 226 g/mol. The molecule has 2 rings (SSSR count). The van der Waals surface area contributed by atoms with Crippen molar-refractivity contribution in [2.24, 2.45) is 0 Å². The van der Waals surface area contributed by atoms with Crippen molar-refractivity contribution in [3.8, 4) is 11.5 Å². The molecule has 0 atom stereocenters. The van der Waals surface area contributed by atoms with Gasteiger partial charge in [0.25, 0.3) is 0 Å². The summed E-state index contributed by atoms with van der Waals surface area (Å²) in [4.78, 5) is 0. The third-order valence-electron chi connectivity index (χ3n) is 2.79. The van der Waals surface area contributed by atoms with E-state index in [4.69, 9.17) is 15.2 Å². The van der Waals surface area contributed by atoms with Crippen LogP contribution in [0.3, 0.4) is 0 Å². The maximum absolute atomic E-state index is 5.79. The van der Waals surface area contributed by atoms with E-state index in [1.165, 1.54) is 0 Å². The van der Waals surface area contributed by atoms with Crippen LogP contribution < -0.4 is 15.2 Å². The summed E-state index contributed by atoms with van der Waals surface area (Å²) in [6.45, 7) is 2.46. The Kier molecular flexibility index (Phi) is 3.72. The molecule has 0 spiro atoms. The molecule has 94 valence electrons. The molecule has 0 saturated heterocycles. The van der Waals surface area contributed by atoms with Crippen LogP contribution in [0.2, 0.25) is 0 Å². The second kappa shape index (κ2) is 5.45. The number of anilines is 1. The van der Waals surface area contributed by atoms with E-state index < -0.39 is 0 Å². The van der Waals surface area contributed by atoms with Crippen LogP contribution in [0.5, 0.6) is 11.5 Å². The minimum absolute atomic E-state index is 0.467. The molecule has 2 N–H and O–H groups in total. The molecule has 2 aromatic rings. The second-order valence-corrected chi connectivity index (χ2v) is 4.13. The van der Waals surface area contributed by atoms with Gasteiger partial charge >= 0.3 is 0 Å². The molecule has 18 heavy (non-hydrogen) atoms. The number of hydrogen-bond donors (Lipinski definition) is 1. The molecule has 2 aromatic carbocycles. The highest BCUT2D eigenvalue weighted by atomic mass is 16.5. The molecule has 0 aliphatic rings. The number of methoxy groups -OCH3 is 1. The fourth-order valence-electron chi connectivity index (χ4n) is 1.75. The van der Waals surface area contributed by atoms with Crippen LogP contribution >= 0.6 is 0 Å². The Labute approximate surface area is 107 Å². The second-order valence-electron chi connectivity index (χ2n) is 4.13. The summed E-state index contributed by atoms with van der Waals surface area (Å²) in [7, 11) is 1.66. The van der Waals surface area contributed by atoms with Gasteiger partial charge in [0.1, 0.15) is 18.1 Å². The van der Waals surface area contributed by atoms with Gasteiger partial charge in [0.15, 0.2) is 0 Å². The van der Waals surface area contributed by atoms with Crippen LogP contribution in [0.4, 0.5) is 5.69 Å². The van der Waals surface area contributed by atoms with E-state index in [2.05, 4.69) is 0 Å². The summed E-state index contributed by atoms with van der Waals surface area (Å²) >= 11 is 0. The summed E-state index contributed by atoms with van der Waals surface area (Å²) in [5, 5.41) is 0. The zero-order valence-electron chi connectivity index (χ0n) is 10.6. The van der Waals surface area contributed by atoms with Gasteiger partial charge in [0.2, 0.25) is 0 Å². The van der Waals surface area contributed by atoms with Crippen molar-refractivity contribution >= 4 is 5.69 Å².